The lowest BCUT2D eigenvalue weighted by atomic mass is 9.70. The van der Waals surface area contributed by atoms with Crippen molar-refractivity contribution in [2.75, 3.05) is 13.7 Å². The third-order valence-electron chi connectivity index (χ3n) is 8.84. The highest BCUT2D eigenvalue weighted by Crippen LogP contribution is 2.57. The number of hydrogen-bond donors (Lipinski definition) is 4. The number of aromatic amines is 1. The van der Waals surface area contributed by atoms with Gasteiger partial charge in [0, 0.05) is 52.5 Å². The Morgan fingerprint density at radius 3 is 2.48 bits per heavy atom. The highest BCUT2D eigenvalue weighted by Gasteiger charge is 2.56. The first kappa shape index (κ1) is 28.8. The Labute approximate surface area is 253 Å². The maximum Gasteiger partial charge on any atom is 0.194 e. The van der Waals surface area contributed by atoms with E-state index in [1.165, 1.54) is 19.9 Å². The van der Waals surface area contributed by atoms with Crippen LogP contribution in [0.4, 0.5) is 0 Å². The molecule has 4 N–H and O–H groups in total. The number of carbonyl (C=O) groups is 3. The number of nitrogens with one attached hydrogen (secondary N) is 2. The molecule has 44 heavy (non-hydrogen) atoms. The third-order valence-corrected chi connectivity index (χ3v) is 8.84. The minimum Gasteiger partial charge on any atom is -0.507 e. The van der Waals surface area contributed by atoms with Crippen molar-refractivity contribution < 1.29 is 34.1 Å². The average molecular weight is 593 g/mol. The third kappa shape index (κ3) is 4.11. The van der Waals surface area contributed by atoms with E-state index in [0.717, 1.165) is 22.0 Å². The second kappa shape index (κ2) is 10.4. The van der Waals surface area contributed by atoms with Crippen LogP contribution in [0, 0.1) is 6.92 Å². The van der Waals surface area contributed by atoms with Gasteiger partial charge in [-0.3, -0.25) is 14.4 Å². The number of Topliss-reactive ketones (excluding diaryl/α,β-unsaturated/α-hetero) is 2. The van der Waals surface area contributed by atoms with Crippen LogP contribution in [-0.2, 0) is 15.0 Å². The molecule has 6 rings (SSSR count). The largest absolute Gasteiger partial charge is 0.507 e. The number of benzene rings is 3. The van der Waals surface area contributed by atoms with Gasteiger partial charge in [-0.15, -0.1) is 0 Å². The fraction of sp³-hybridized carbons (Fsp3) is 0.229. The molecule has 2 aliphatic rings. The molecule has 0 fully saturated rings. The summed E-state index contributed by atoms with van der Waals surface area (Å²) >= 11 is 0. The Morgan fingerprint density at radius 1 is 1.05 bits per heavy atom. The molecule has 2 heterocycles. The molecule has 0 unspecified atom stereocenters. The van der Waals surface area contributed by atoms with Gasteiger partial charge in [0.25, 0.3) is 0 Å². The fourth-order valence-corrected chi connectivity index (χ4v) is 6.43. The van der Waals surface area contributed by atoms with Crippen LogP contribution in [-0.4, -0.2) is 46.2 Å². The molecule has 1 aromatic heterocycles. The van der Waals surface area contributed by atoms with E-state index in [4.69, 9.17) is 9.47 Å². The maximum absolute atomic E-state index is 14.3. The van der Waals surface area contributed by atoms with E-state index >= 15 is 0 Å². The number of methoxy groups -OCH3 is 1. The summed E-state index contributed by atoms with van der Waals surface area (Å²) < 4.78 is 11.6. The number of para-hydroxylation sites is 2. The highest BCUT2D eigenvalue weighted by atomic mass is 16.5. The van der Waals surface area contributed by atoms with Crippen LogP contribution in [0.5, 0.6) is 23.0 Å². The number of rotatable bonds is 7. The zero-order valence-electron chi connectivity index (χ0n) is 25.0. The Hall–Kier alpha value is -5.31. The molecule has 9 nitrogen and oxygen atoms in total. The summed E-state index contributed by atoms with van der Waals surface area (Å²) in [5, 5.41) is 26.1. The number of aromatic hydroxyl groups is 2. The van der Waals surface area contributed by atoms with Gasteiger partial charge in [-0.1, -0.05) is 36.4 Å². The van der Waals surface area contributed by atoms with Crippen molar-refractivity contribution in [1.82, 2.24) is 10.3 Å². The molecule has 1 aliphatic carbocycles. The number of allylic oxidation sites excluding steroid dienone is 4. The van der Waals surface area contributed by atoms with Crippen molar-refractivity contribution >= 4 is 28.3 Å². The zero-order chi connectivity index (χ0) is 31.5. The summed E-state index contributed by atoms with van der Waals surface area (Å²) in [6.45, 7) is 6.25. The maximum atomic E-state index is 14.3. The van der Waals surface area contributed by atoms with E-state index in [2.05, 4.69) is 10.3 Å². The van der Waals surface area contributed by atoms with Gasteiger partial charge in [0.2, 0.25) is 0 Å². The lowest BCUT2D eigenvalue weighted by molar-refractivity contribution is -0.123. The van der Waals surface area contributed by atoms with Crippen LogP contribution in [0.15, 0.2) is 77.8 Å². The first-order chi connectivity index (χ1) is 21.0. The van der Waals surface area contributed by atoms with Crippen molar-refractivity contribution in [3.8, 4) is 23.0 Å². The number of hydrogen-bond acceptors (Lipinski definition) is 8. The standard InChI is InChI=1S/C35H32N2O7/c1-17-31(40)29(19(3)38)33-30(32(17)41)35(4)27(44-33)14-25(39)28(34(35)42)18(2)36-15-23(21-11-7-9-13-26(21)43-5)22-16-37-24-12-8-6-10-20(22)24/h6-14,16,23,36-37,40-41H,15H2,1-5H3/b28-18+/t23-,35-/m0/s1. The zero-order valence-corrected chi connectivity index (χ0v) is 25.0. The van der Waals surface area contributed by atoms with Gasteiger partial charge in [-0.05, 0) is 45.4 Å². The smallest absolute Gasteiger partial charge is 0.194 e. The first-order valence-electron chi connectivity index (χ1n) is 14.2. The molecule has 4 aromatic rings. The number of carbonyl (C=O) groups excluding carboxylic acids is 3. The summed E-state index contributed by atoms with van der Waals surface area (Å²) in [5.41, 5.74) is 1.55. The molecule has 1 aliphatic heterocycles. The van der Waals surface area contributed by atoms with Gasteiger partial charge in [0.05, 0.1) is 18.2 Å². The summed E-state index contributed by atoms with van der Waals surface area (Å²) in [6, 6.07) is 15.7. The second-order valence-corrected chi connectivity index (χ2v) is 11.4. The van der Waals surface area contributed by atoms with E-state index < -0.39 is 28.5 Å². The molecule has 0 saturated heterocycles. The Kier molecular flexibility index (Phi) is 6.84. The average Bonchev–Trinajstić information content (AvgIpc) is 3.55. The molecule has 0 spiro atoms. The summed E-state index contributed by atoms with van der Waals surface area (Å²) in [5.74, 6) is -2.09. The minimum atomic E-state index is -1.59. The number of phenolic OH excluding ortho intramolecular Hbond substituents is 2. The monoisotopic (exact) mass is 592 g/mol. The van der Waals surface area contributed by atoms with Crippen molar-refractivity contribution in [2.45, 2.75) is 39.0 Å². The predicted molar refractivity (Wildman–Crippen MR) is 164 cm³/mol. The molecule has 0 amide bonds. The molecule has 3 aromatic carbocycles. The number of aromatic nitrogens is 1. The van der Waals surface area contributed by atoms with Gasteiger partial charge < -0.3 is 30.0 Å². The first-order valence-corrected chi connectivity index (χ1v) is 14.2. The highest BCUT2D eigenvalue weighted by molar-refractivity contribution is 6.31. The topological polar surface area (TPSA) is 138 Å². The van der Waals surface area contributed by atoms with E-state index in [1.54, 1.807) is 21.0 Å². The Morgan fingerprint density at radius 2 is 1.75 bits per heavy atom. The second-order valence-electron chi connectivity index (χ2n) is 11.4. The van der Waals surface area contributed by atoms with E-state index in [0.29, 0.717) is 18.0 Å². The van der Waals surface area contributed by atoms with Crippen molar-refractivity contribution in [2.24, 2.45) is 0 Å². The molecule has 2 atom stereocenters. The Balaban J connectivity index is 1.43. The normalized spacial score (nSPS) is 19.2. The summed E-state index contributed by atoms with van der Waals surface area (Å²) in [4.78, 5) is 43.5. The molecule has 0 radical (unpaired) electrons. The SMILES string of the molecule is COc1ccccc1[C@H](CN/C(C)=C1\C(=O)C=C2Oc3c(C(C)=O)c(O)c(C)c(O)c3[C@@]2(C)C1=O)c1c[nH]c2ccccc12. The van der Waals surface area contributed by atoms with Crippen LogP contribution < -0.4 is 14.8 Å². The number of H-pyrrole nitrogens is 1. The van der Waals surface area contributed by atoms with Crippen LogP contribution in [0.1, 0.15) is 59.3 Å². The van der Waals surface area contributed by atoms with Crippen LogP contribution in [0.2, 0.25) is 0 Å². The quantitative estimate of drug-likeness (QED) is 0.126. The molecule has 0 bridgehead atoms. The van der Waals surface area contributed by atoms with E-state index in [1.807, 2.05) is 54.7 Å². The van der Waals surface area contributed by atoms with Gasteiger partial charge in [-0.25, -0.2) is 0 Å². The van der Waals surface area contributed by atoms with Crippen molar-refractivity contribution in [3.63, 3.8) is 0 Å². The van der Waals surface area contributed by atoms with Crippen LogP contribution in [0.25, 0.3) is 10.9 Å². The molecular weight excluding hydrogens is 560 g/mol. The lowest BCUT2D eigenvalue weighted by Crippen LogP contribution is -2.41. The van der Waals surface area contributed by atoms with Crippen molar-refractivity contribution in [1.29, 1.82) is 0 Å². The Bertz CT molecular complexity index is 1970. The molecule has 0 saturated carbocycles. The predicted octanol–water partition coefficient (Wildman–Crippen LogP) is 5.48. The number of fused-ring (bicyclic) bond motifs is 4. The van der Waals surface area contributed by atoms with Crippen LogP contribution in [0.3, 0.4) is 0 Å². The van der Waals surface area contributed by atoms with Gasteiger partial charge in [0.1, 0.15) is 39.7 Å². The molecular formula is C35H32N2O7. The van der Waals surface area contributed by atoms with Gasteiger partial charge in [0.15, 0.2) is 17.3 Å². The fourth-order valence-electron chi connectivity index (χ4n) is 6.43. The molecule has 224 valence electrons. The van der Waals surface area contributed by atoms with Crippen molar-refractivity contribution in [3.05, 3.63) is 106 Å². The number of ether oxygens (including phenoxy) is 2. The summed E-state index contributed by atoms with van der Waals surface area (Å²) in [7, 11) is 1.62. The minimum absolute atomic E-state index is 0.00691. The number of phenols is 2. The van der Waals surface area contributed by atoms with Gasteiger partial charge >= 0.3 is 0 Å². The molecule has 9 heteroatoms. The lowest BCUT2D eigenvalue weighted by Gasteiger charge is -2.29. The summed E-state index contributed by atoms with van der Waals surface area (Å²) in [6.07, 6.45) is 3.17. The van der Waals surface area contributed by atoms with Gasteiger partial charge in [-0.2, -0.15) is 0 Å². The van der Waals surface area contributed by atoms with E-state index in [9.17, 15) is 24.6 Å². The van der Waals surface area contributed by atoms with Crippen LogP contribution >= 0.6 is 0 Å². The number of ketones is 3. The van der Waals surface area contributed by atoms with E-state index in [-0.39, 0.29) is 45.4 Å².